The highest BCUT2D eigenvalue weighted by molar-refractivity contribution is 7.12. The van der Waals surface area contributed by atoms with E-state index in [1.165, 1.54) is 16.2 Å². The van der Waals surface area contributed by atoms with Gasteiger partial charge in [-0.05, 0) is 12.1 Å². The lowest BCUT2D eigenvalue weighted by molar-refractivity contribution is 0.689. The highest BCUT2D eigenvalue weighted by Crippen LogP contribution is 2.14. The summed E-state index contributed by atoms with van der Waals surface area (Å²) in [6.07, 6.45) is 3.46. The minimum absolute atomic E-state index is 0.758. The van der Waals surface area contributed by atoms with Crippen molar-refractivity contribution in [1.82, 2.24) is 15.3 Å². The lowest BCUT2D eigenvalue weighted by Crippen LogP contribution is -2.11. The molecule has 5 heteroatoms. The van der Waals surface area contributed by atoms with Crippen LogP contribution >= 0.6 is 11.3 Å². The average Bonchev–Trinajstić information content (AvgIpc) is 2.88. The van der Waals surface area contributed by atoms with E-state index in [1.54, 1.807) is 12.5 Å². The van der Waals surface area contributed by atoms with Crippen molar-refractivity contribution >= 4 is 11.3 Å². The standard InChI is InChI=1S/C10H10N4S/c11-3-9-1-2-10(15-9)6-12-4-8-5-13-7-14-8/h1-2,5,7,12H,4,6H2,(H,13,14). The fraction of sp³-hybridized carbons (Fsp3) is 0.200. The molecule has 4 nitrogen and oxygen atoms in total. The summed E-state index contributed by atoms with van der Waals surface area (Å²) in [5.74, 6) is 0. The summed E-state index contributed by atoms with van der Waals surface area (Å²) in [7, 11) is 0. The number of imidazole rings is 1. The Bertz CT molecular complexity index is 452. The van der Waals surface area contributed by atoms with Gasteiger partial charge in [0.15, 0.2) is 0 Å². The van der Waals surface area contributed by atoms with E-state index in [0.717, 1.165) is 23.7 Å². The molecule has 0 aliphatic carbocycles. The minimum atomic E-state index is 0.758. The van der Waals surface area contributed by atoms with Gasteiger partial charge in [0, 0.05) is 29.9 Å². The molecule has 2 N–H and O–H groups in total. The summed E-state index contributed by atoms with van der Waals surface area (Å²) < 4.78 is 0. The van der Waals surface area contributed by atoms with E-state index in [-0.39, 0.29) is 0 Å². The SMILES string of the molecule is N#Cc1ccc(CNCc2cnc[nH]2)s1. The number of nitrogens with one attached hydrogen (secondary N) is 2. The van der Waals surface area contributed by atoms with Crippen molar-refractivity contribution in [2.24, 2.45) is 0 Å². The van der Waals surface area contributed by atoms with Crippen LogP contribution in [-0.4, -0.2) is 9.97 Å². The largest absolute Gasteiger partial charge is 0.347 e. The molecule has 0 amide bonds. The van der Waals surface area contributed by atoms with Crippen LogP contribution in [0.15, 0.2) is 24.7 Å². The maximum Gasteiger partial charge on any atom is 0.110 e. The number of aromatic nitrogens is 2. The van der Waals surface area contributed by atoms with Crippen LogP contribution in [0.4, 0.5) is 0 Å². The molecule has 0 unspecified atom stereocenters. The van der Waals surface area contributed by atoms with Crippen molar-refractivity contribution in [3.05, 3.63) is 40.1 Å². The Morgan fingerprint density at radius 3 is 3.07 bits per heavy atom. The maximum absolute atomic E-state index is 8.65. The van der Waals surface area contributed by atoms with Gasteiger partial charge in [-0.3, -0.25) is 0 Å². The monoisotopic (exact) mass is 218 g/mol. The third kappa shape index (κ3) is 2.65. The van der Waals surface area contributed by atoms with Crippen molar-refractivity contribution in [3.63, 3.8) is 0 Å². The first-order chi connectivity index (χ1) is 7.38. The summed E-state index contributed by atoms with van der Waals surface area (Å²) in [6, 6.07) is 5.95. The molecule has 2 rings (SSSR count). The zero-order valence-corrected chi connectivity index (χ0v) is 8.84. The van der Waals surface area contributed by atoms with E-state index in [2.05, 4.69) is 21.4 Å². The van der Waals surface area contributed by atoms with Crippen LogP contribution in [-0.2, 0) is 13.1 Å². The van der Waals surface area contributed by atoms with Crippen LogP contribution in [0.1, 0.15) is 15.4 Å². The number of hydrogen-bond acceptors (Lipinski definition) is 4. The second-order valence-corrected chi connectivity index (χ2v) is 4.23. The number of nitrogens with zero attached hydrogens (tertiary/aromatic N) is 2. The van der Waals surface area contributed by atoms with Crippen molar-refractivity contribution in [2.75, 3.05) is 0 Å². The summed E-state index contributed by atoms with van der Waals surface area (Å²) in [6.45, 7) is 1.55. The van der Waals surface area contributed by atoms with E-state index in [4.69, 9.17) is 5.26 Å². The van der Waals surface area contributed by atoms with Gasteiger partial charge in [0.25, 0.3) is 0 Å². The number of hydrogen-bond donors (Lipinski definition) is 2. The summed E-state index contributed by atoms with van der Waals surface area (Å²) in [4.78, 5) is 8.88. The molecule has 0 fully saturated rings. The topological polar surface area (TPSA) is 64.5 Å². The fourth-order valence-electron chi connectivity index (χ4n) is 1.23. The molecular formula is C10H10N4S. The number of aromatic amines is 1. The molecule has 0 spiro atoms. The van der Waals surface area contributed by atoms with Crippen LogP contribution in [0.5, 0.6) is 0 Å². The number of rotatable bonds is 4. The zero-order chi connectivity index (χ0) is 10.5. The number of nitriles is 1. The van der Waals surface area contributed by atoms with Gasteiger partial charge in [0.1, 0.15) is 10.9 Å². The van der Waals surface area contributed by atoms with Crippen molar-refractivity contribution in [3.8, 4) is 6.07 Å². The fourth-order valence-corrected chi connectivity index (χ4v) is 2.01. The number of thiophene rings is 1. The molecular weight excluding hydrogens is 208 g/mol. The Hall–Kier alpha value is -1.64. The van der Waals surface area contributed by atoms with Crippen LogP contribution in [0.3, 0.4) is 0 Å². The Morgan fingerprint density at radius 1 is 1.47 bits per heavy atom. The molecule has 76 valence electrons. The minimum Gasteiger partial charge on any atom is -0.347 e. The predicted molar refractivity (Wildman–Crippen MR) is 58.2 cm³/mol. The molecule has 0 atom stereocenters. The van der Waals surface area contributed by atoms with Gasteiger partial charge < -0.3 is 10.3 Å². The molecule has 0 aliphatic rings. The second kappa shape index (κ2) is 4.73. The van der Waals surface area contributed by atoms with Crippen LogP contribution in [0, 0.1) is 11.3 Å². The molecule has 0 radical (unpaired) electrons. The highest BCUT2D eigenvalue weighted by Gasteiger charge is 1.99. The van der Waals surface area contributed by atoms with Gasteiger partial charge in [-0.25, -0.2) is 4.98 Å². The quantitative estimate of drug-likeness (QED) is 0.819. The first-order valence-electron chi connectivity index (χ1n) is 4.55. The Labute approximate surface area is 91.6 Å². The predicted octanol–water partition coefficient (Wildman–Crippen LogP) is 1.63. The van der Waals surface area contributed by atoms with Crippen molar-refractivity contribution in [1.29, 1.82) is 5.26 Å². The molecule has 0 saturated carbocycles. The van der Waals surface area contributed by atoms with E-state index in [9.17, 15) is 0 Å². The van der Waals surface area contributed by atoms with Crippen LogP contribution < -0.4 is 5.32 Å². The molecule has 2 aromatic rings. The first-order valence-corrected chi connectivity index (χ1v) is 5.37. The lowest BCUT2D eigenvalue weighted by atomic mass is 10.4. The van der Waals surface area contributed by atoms with E-state index < -0.39 is 0 Å². The van der Waals surface area contributed by atoms with Crippen LogP contribution in [0.25, 0.3) is 0 Å². The van der Waals surface area contributed by atoms with E-state index in [1.807, 2.05) is 12.1 Å². The molecule has 2 heterocycles. The van der Waals surface area contributed by atoms with Gasteiger partial charge in [0.2, 0.25) is 0 Å². The van der Waals surface area contributed by atoms with Gasteiger partial charge in [-0.1, -0.05) is 0 Å². The second-order valence-electron chi connectivity index (χ2n) is 3.06. The zero-order valence-electron chi connectivity index (χ0n) is 8.03. The average molecular weight is 218 g/mol. The van der Waals surface area contributed by atoms with E-state index >= 15 is 0 Å². The summed E-state index contributed by atoms with van der Waals surface area (Å²) in [5, 5.41) is 11.9. The third-order valence-corrected chi connectivity index (χ3v) is 2.93. The Morgan fingerprint density at radius 2 is 2.40 bits per heavy atom. The Kier molecular flexibility index (Phi) is 3.12. The molecule has 0 aromatic carbocycles. The third-order valence-electron chi connectivity index (χ3n) is 1.94. The van der Waals surface area contributed by atoms with Gasteiger partial charge in [0.05, 0.1) is 6.33 Å². The van der Waals surface area contributed by atoms with Crippen molar-refractivity contribution in [2.45, 2.75) is 13.1 Å². The smallest absolute Gasteiger partial charge is 0.110 e. The van der Waals surface area contributed by atoms with Crippen LogP contribution in [0.2, 0.25) is 0 Å². The molecule has 0 aliphatic heterocycles. The normalized spacial score (nSPS) is 10.1. The maximum atomic E-state index is 8.65. The highest BCUT2D eigenvalue weighted by atomic mass is 32.1. The lowest BCUT2D eigenvalue weighted by Gasteiger charge is -1.99. The Balaban J connectivity index is 1.81. The van der Waals surface area contributed by atoms with Gasteiger partial charge in [-0.2, -0.15) is 5.26 Å². The first kappa shape index (κ1) is 9.90. The molecule has 2 aromatic heterocycles. The van der Waals surface area contributed by atoms with Gasteiger partial charge in [-0.15, -0.1) is 11.3 Å². The summed E-state index contributed by atoms with van der Waals surface area (Å²) >= 11 is 1.52. The molecule has 15 heavy (non-hydrogen) atoms. The van der Waals surface area contributed by atoms with Gasteiger partial charge >= 0.3 is 0 Å². The van der Waals surface area contributed by atoms with Crippen molar-refractivity contribution < 1.29 is 0 Å². The van der Waals surface area contributed by atoms with E-state index in [0.29, 0.717) is 0 Å². The summed E-state index contributed by atoms with van der Waals surface area (Å²) in [5.41, 5.74) is 1.06. The molecule has 0 bridgehead atoms. The molecule has 0 saturated heterocycles. The number of H-pyrrole nitrogens is 1.